The lowest BCUT2D eigenvalue weighted by atomic mass is 10.1. The first-order valence-electron chi connectivity index (χ1n) is 9.17. The van der Waals surface area contributed by atoms with Crippen LogP contribution in [0.2, 0.25) is 10.0 Å². The molecule has 138 valence electrons. The maximum Gasteiger partial charge on any atom is 0.220 e. The van der Waals surface area contributed by atoms with Gasteiger partial charge in [0.1, 0.15) is 0 Å². The molecule has 0 aromatic heterocycles. The van der Waals surface area contributed by atoms with Crippen molar-refractivity contribution in [2.45, 2.75) is 38.6 Å². The van der Waals surface area contributed by atoms with Gasteiger partial charge >= 0.3 is 0 Å². The van der Waals surface area contributed by atoms with Gasteiger partial charge in [0.05, 0.1) is 0 Å². The summed E-state index contributed by atoms with van der Waals surface area (Å²) in [6, 6.07) is 13.9. The monoisotopic (exact) mass is 390 g/mol. The van der Waals surface area contributed by atoms with Gasteiger partial charge in [-0.25, -0.2) is 0 Å². The predicted octanol–water partition coefficient (Wildman–Crippen LogP) is 5.23. The molecule has 1 amide bonds. The predicted molar refractivity (Wildman–Crippen MR) is 109 cm³/mol. The highest BCUT2D eigenvalue weighted by molar-refractivity contribution is 6.36. The molecule has 0 spiro atoms. The van der Waals surface area contributed by atoms with Crippen LogP contribution in [0.25, 0.3) is 0 Å². The van der Waals surface area contributed by atoms with Gasteiger partial charge in [-0.05, 0) is 61.1 Å². The fourth-order valence-electron chi connectivity index (χ4n) is 3.28. The normalized spacial score (nSPS) is 14.3. The average molecular weight is 391 g/mol. The minimum Gasteiger partial charge on any atom is -0.372 e. The first-order valence-corrected chi connectivity index (χ1v) is 9.92. The number of amides is 1. The third kappa shape index (κ3) is 5.15. The summed E-state index contributed by atoms with van der Waals surface area (Å²) < 4.78 is 0. The van der Waals surface area contributed by atoms with Gasteiger partial charge in [-0.1, -0.05) is 41.4 Å². The van der Waals surface area contributed by atoms with E-state index < -0.39 is 0 Å². The zero-order valence-electron chi connectivity index (χ0n) is 14.8. The number of anilines is 1. The third-order valence-corrected chi connectivity index (χ3v) is 5.52. The molecule has 1 aliphatic heterocycles. The Morgan fingerprint density at radius 3 is 2.27 bits per heavy atom. The Morgan fingerprint density at radius 1 is 0.962 bits per heavy atom. The van der Waals surface area contributed by atoms with E-state index in [-0.39, 0.29) is 5.91 Å². The van der Waals surface area contributed by atoms with E-state index in [1.54, 1.807) is 12.1 Å². The van der Waals surface area contributed by atoms with Crippen molar-refractivity contribution in [3.63, 3.8) is 0 Å². The molecule has 3 rings (SSSR count). The Balaban J connectivity index is 1.47. The number of rotatable bonds is 6. The largest absolute Gasteiger partial charge is 0.372 e. The second-order valence-electron chi connectivity index (χ2n) is 6.69. The molecular formula is C21H24Cl2N2O. The molecule has 2 aromatic carbocycles. The van der Waals surface area contributed by atoms with Crippen molar-refractivity contribution in [1.82, 2.24) is 5.32 Å². The molecular weight excluding hydrogens is 367 g/mol. The standard InChI is InChI=1S/C21H24Cl2N2O/c22-19-5-4-6-20(23)18(19)11-12-21(26)24-15-16-7-9-17(10-8-16)25-13-2-1-3-14-25/h4-10H,1-3,11-15H2,(H,24,26). The van der Waals surface area contributed by atoms with Crippen LogP contribution in [0.1, 0.15) is 36.8 Å². The maximum atomic E-state index is 12.1. The van der Waals surface area contributed by atoms with Gasteiger partial charge in [0, 0.05) is 41.8 Å². The van der Waals surface area contributed by atoms with Crippen LogP contribution in [0.3, 0.4) is 0 Å². The van der Waals surface area contributed by atoms with Crippen LogP contribution in [-0.2, 0) is 17.8 Å². The summed E-state index contributed by atoms with van der Waals surface area (Å²) in [6.45, 7) is 2.82. The molecule has 3 nitrogen and oxygen atoms in total. The first kappa shape index (κ1) is 19.1. The quantitative estimate of drug-likeness (QED) is 0.731. The number of nitrogens with zero attached hydrogens (tertiary/aromatic N) is 1. The molecule has 1 heterocycles. The number of benzene rings is 2. The number of carbonyl (C=O) groups excluding carboxylic acids is 1. The molecule has 0 radical (unpaired) electrons. The number of halogens is 2. The Kier molecular flexibility index (Phi) is 6.81. The van der Waals surface area contributed by atoms with Crippen molar-refractivity contribution in [1.29, 1.82) is 0 Å². The van der Waals surface area contributed by atoms with Gasteiger partial charge < -0.3 is 10.2 Å². The summed E-state index contributed by atoms with van der Waals surface area (Å²) in [5, 5.41) is 4.19. The van der Waals surface area contributed by atoms with Crippen LogP contribution < -0.4 is 10.2 Å². The van der Waals surface area contributed by atoms with E-state index in [0.29, 0.717) is 29.4 Å². The van der Waals surface area contributed by atoms with Crippen LogP contribution in [0.15, 0.2) is 42.5 Å². The van der Waals surface area contributed by atoms with Crippen molar-refractivity contribution in [3.05, 3.63) is 63.6 Å². The molecule has 1 N–H and O–H groups in total. The molecule has 26 heavy (non-hydrogen) atoms. The van der Waals surface area contributed by atoms with E-state index in [1.807, 2.05) is 6.07 Å². The molecule has 0 saturated carbocycles. The second-order valence-corrected chi connectivity index (χ2v) is 7.51. The SMILES string of the molecule is O=C(CCc1c(Cl)cccc1Cl)NCc1ccc(N2CCCCC2)cc1. The van der Waals surface area contributed by atoms with Gasteiger partial charge in [0.2, 0.25) is 5.91 Å². The van der Waals surface area contributed by atoms with Crippen molar-refractivity contribution < 1.29 is 4.79 Å². The Morgan fingerprint density at radius 2 is 1.62 bits per heavy atom. The van der Waals surface area contributed by atoms with Gasteiger partial charge in [0.15, 0.2) is 0 Å². The minimum atomic E-state index is 0.00101. The summed E-state index contributed by atoms with van der Waals surface area (Å²) >= 11 is 12.3. The lowest BCUT2D eigenvalue weighted by Crippen LogP contribution is -2.29. The lowest BCUT2D eigenvalue weighted by molar-refractivity contribution is -0.121. The van der Waals surface area contributed by atoms with Crippen molar-refractivity contribution in [2.75, 3.05) is 18.0 Å². The third-order valence-electron chi connectivity index (χ3n) is 4.81. The fourth-order valence-corrected chi connectivity index (χ4v) is 3.86. The minimum absolute atomic E-state index is 0.00101. The van der Waals surface area contributed by atoms with E-state index in [9.17, 15) is 4.79 Å². The van der Waals surface area contributed by atoms with Gasteiger partial charge in [-0.15, -0.1) is 0 Å². The van der Waals surface area contributed by atoms with Crippen LogP contribution in [0, 0.1) is 0 Å². The number of carbonyl (C=O) groups is 1. The van der Waals surface area contributed by atoms with Crippen LogP contribution in [0.5, 0.6) is 0 Å². The fraction of sp³-hybridized carbons (Fsp3) is 0.381. The Bertz CT molecular complexity index is 720. The highest BCUT2D eigenvalue weighted by Crippen LogP contribution is 2.25. The van der Waals surface area contributed by atoms with E-state index in [2.05, 4.69) is 34.5 Å². The first-order chi connectivity index (χ1) is 12.6. The van der Waals surface area contributed by atoms with E-state index in [1.165, 1.54) is 24.9 Å². The van der Waals surface area contributed by atoms with Crippen LogP contribution in [0.4, 0.5) is 5.69 Å². The lowest BCUT2D eigenvalue weighted by Gasteiger charge is -2.28. The van der Waals surface area contributed by atoms with Crippen molar-refractivity contribution in [3.8, 4) is 0 Å². The summed E-state index contributed by atoms with van der Waals surface area (Å²) in [5.41, 5.74) is 3.21. The molecule has 2 aromatic rings. The van der Waals surface area contributed by atoms with Crippen LogP contribution >= 0.6 is 23.2 Å². The number of nitrogens with one attached hydrogen (secondary N) is 1. The highest BCUT2D eigenvalue weighted by Gasteiger charge is 2.11. The zero-order valence-corrected chi connectivity index (χ0v) is 16.3. The Hall–Kier alpha value is -1.71. The summed E-state index contributed by atoms with van der Waals surface area (Å²) in [4.78, 5) is 14.6. The van der Waals surface area contributed by atoms with E-state index in [0.717, 1.165) is 24.2 Å². The smallest absolute Gasteiger partial charge is 0.220 e. The van der Waals surface area contributed by atoms with Crippen molar-refractivity contribution >= 4 is 34.8 Å². The number of piperidine rings is 1. The summed E-state index contributed by atoms with van der Waals surface area (Å²) in [6.07, 6.45) is 4.79. The van der Waals surface area contributed by atoms with E-state index in [4.69, 9.17) is 23.2 Å². The molecule has 0 bridgehead atoms. The van der Waals surface area contributed by atoms with Crippen LogP contribution in [-0.4, -0.2) is 19.0 Å². The summed E-state index contributed by atoms with van der Waals surface area (Å²) in [7, 11) is 0. The molecule has 1 aliphatic rings. The molecule has 0 unspecified atom stereocenters. The maximum absolute atomic E-state index is 12.1. The molecule has 1 saturated heterocycles. The average Bonchev–Trinajstić information content (AvgIpc) is 2.67. The summed E-state index contributed by atoms with van der Waals surface area (Å²) in [5.74, 6) is 0.00101. The number of hydrogen-bond donors (Lipinski definition) is 1. The molecule has 5 heteroatoms. The second kappa shape index (κ2) is 9.29. The Labute approximate surface area is 165 Å². The number of hydrogen-bond acceptors (Lipinski definition) is 2. The molecule has 0 aliphatic carbocycles. The molecule has 0 atom stereocenters. The van der Waals surface area contributed by atoms with Crippen molar-refractivity contribution in [2.24, 2.45) is 0 Å². The van der Waals surface area contributed by atoms with E-state index >= 15 is 0 Å². The highest BCUT2D eigenvalue weighted by atomic mass is 35.5. The van der Waals surface area contributed by atoms with Gasteiger partial charge in [-0.3, -0.25) is 4.79 Å². The molecule has 1 fully saturated rings. The van der Waals surface area contributed by atoms with Gasteiger partial charge in [0.25, 0.3) is 0 Å². The topological polar surface area (TPSA) is 32.3 Å². The zero-order chi connectivity index (χ0) is 18.4. The van der Waals surface area contributed by atoms with Gasteiger partial charge in [-0.2, -0.15) is 0 Å².